The van der Waals surface area contributed by atoms with E-state index in [1.54, 1.807) is 0 Å². The molecule has 0 aliphatic heterocycles. The predicted molar refractivity (Wildman–Crippen MR) is 84.5 cm³/mol. The number of fused-ring (bicyclic) bond motifs is 1. The third kappa shape index (κ3) is 3.23. The van der Waals surface area contributed by atoms with Crippen LogP contribution in [0.15, 0.2) is 21.0 Å². The molecule has 0 saturated carbocycles. The number of benzene rings is 1. The molecule has 1 aromatic carbocycles. The summed E-state index contributed by atoms with van der Waals surface area (Å²) in [6.45, 7) is 10.1. The Morgan fingerprint density at radius 3 is 2.55 bits per heavy atom. The van der Waals surface area contributed by atoms with Gasteiger partial charge in [0, 0.05) is 15.4 Å². The second kappa shape index (κ2) is 6.27. The second-order valence-corrected chi connectivity index (χ2v) is 6.80. The van der Waals surface area contributed by atoms with Crippen LogP contribution in [0.25, 0.3) is 11.0 Å². The fourth-order valence-electron chi connectivity index (χ4n) is 2.43. The molecule has 0 amide bonds. The summed E-state index contributed by atoms with van der Waals surface area (Å²) in [6.07, 6.45) is 0. The minimum absolute atomic E-state index is 0.292. The van der Waals surface area contributed by atoms with Crippen LogP contribution < -0.4 is 5.32 Å². The van der Waals surface area contributed by atoms with Crippen LogP contribution in [0.2, 0.25) is 0 Å². The van der Waals surface area contributed by atoms with E-state index in [4.69, 9.17) is 4.42 Å². The molecule has 20 heavy (non-hydrogen) atoms. The SMILES string of the molecule is CC(C)CNCc1oc2c(F)cc(Br)cc2c1C(C)C. The Labute approximate surface area is 127 Å². The predicted octanol–water partition coefficient (Wildman–Crippen LogP) is 5.20. The molecule has 2 nitrogen and oxygen atoms in total. The lowest BCUT2D eigenvalue weighted by Gasteiger charge is -2.09. The summed E-state index contributed by atoms with van der Waals surface area (Å²) >= 11 is 3.35. The van der Waals surface area contributed by atoms with Crippen LogP contribution in [0.5, 0.6) is 0 Å². The molecule has 1 N–H and O–H groups in total. The Morgan fingerprint density at radius 2 is 1.95 bits per heavy atom. The van der Waals surface area contributed by atoms with Crippen molar-refractivity contribution < 1.29 is 8.81 Å². The summed E-state index contributed by atoms with van der Waals surface area (Å²) in [6, 6.07) is 3.38. The molecule has 0 aliphatic rings. The van der Waals surface area contributed by atoms with Crippen LogP contribution in [0.3, 0.4) is 0 Å². The number of rotatable bonds is 5. The smallest absolute Gasteiger partial charge is 0.170 e. The summed E-state index contributed by atoms with van der Waals surface area (Å²) in [7, 11) is 0. The van der Waals surface area contributed by atoms with Crippen molar-refractivity contribution >= 4 is 26.9 Å². The van der Waals surface area contributed by atoms with Crippen molar-refractivity contribution in [1.29, 1.82) is 0 Å². The molecule has 0 saturated heterocycles. The van der Waals surface area contributed by atoms with Crippen LogP contribution >= 0.6 is 15.9 Å². The van der Waals surface area contributed by atoms with Gasteiger partial charge < -0.3 is 9.73 Å². The van der Waals surface area contributed by atoms with E-state index in [1.807, 2.05) is 6.07 Å². The van der Waals surface area contributed by atoms with Crippen LogP contribution in [-0.2, 0) is 6.54 Å². The van der Waals surface area contributed by atoms with Gasteiger partial charge in [-0.25, -0.2) is 4.39 Å². The highest BCUT2D eigenvalue weighted by Gasteiger charge is 2.19. The molecule has 0 unspecified atom stereocenters. The lowest BCUT2D eigenvalue weighted by atomic mass is 9.99. The first-order valence-electron chi connectivity index (χ1n) is 7.01. The number of halogens is 2. The molecule has 0 fully saturated rings. The highest BCUT2D eigenvalue weighted by atomic mass is 79.9. The van der Waals surface area contributed by atoms with Gasteiger partial charge in [-0.1, -0.05) is 43.6 Å². The molecule has 2 rings (SSSR count). The van der Waals surface area contributed by atoms with E-state index < -0.39 is 0 Å². The van der Waals surface area contributed by atoms with E-state index >= 15 is 0 Å². The van der Waals surface area contributed by atoms with Gasteiger partial charge in [-0.3, -0.25) is 0 Å². The monoisotopic (exact) mass is 341 g/mol. The molecule has 0 radical (unpaired) electrons. The average molecular weight is 342 g/mol. The van der Waals surface area contributed by atoms with E-state index in [2.05, 4.69) is 48.9 Å². The van der Waals surface area contributed by atoms with Gasteiger partial charge in [0.2, 0.25) is 0 Å². The van der Waals surface area contributed by atoms with Crippen molar-refractivity contribution in [2.24, 2.45) is 5.92 Å². The first-order valence-corrected chi connectivity index (χ1v) is 7.80. The van der Waals surface area contributed by atoms with Crippen molar-refractivity contribution in [3.63, 3.8) is 0 Å². The zero-order valence-electron chi connectivity index (χ0n) is 12.4. The maximum Gasteiger partial charge on any atom is 0.170 e. The first-order chi connectivity index (χ1) is 9.40. The standard InChI is InChI=1S/C16H21BrFNO/c1-9(2)7-19-8-14-15(10(3)4)12-5-11(17)6-13(18)16(12)20-14/h5-6,9-10,19H,7-8H2,1-4H3. The van der Waals surface area contributed by atoms with Crippen LogP contribution in [0.4, 0.5) is 4.39 Å². The van der Waals surface area contributed by atoms with E-state index in [0.717, 1.165) is 27.7 Å². The Balaban J connectivity index is 2.43. The normalized spacial score (nSPS) is 12.0. The van der Waals surface area contributed by atoms with Gasteiger partial charge in [0.1, 0.15) is 5.76 Å². The number of hydrogen-bond acceptors (Lipinski definition) is 2. The summed E-state index contributed by atoms with van der Waals surface area (Å²) in [4.78, 5) is 0. The molecular formula is C16H21BrFNO. The van der Waals surface area contributed by atoms with E-state index in [1.165, 1.54) is 6.07 Å². The number of hydrogen-bond donors (Lipinski definition) is 1. The number of nitrogens with one attached hydrogen (secondary N) is 1. The molecule has 1 aromatic heterocycles. The summed E-state index contributed by atoms with van der Waals surface area (Å²) in [5.41, 5.74) is 1.45. The molecular weight excluding hydrogens is 321 g/mol. The molecule has 1 heterocycles. The van der Waals surface area contributed by atoms with Crippen molar-refractivity contribution in [1.82, 2.24) is 5.32 Å². The van der Waals surface area contributed by atoms with Crippen molar-refractivity contribution in [2.75, 3.05) is 6.54 Å². The van der Waals surface area contributed by atoms with Gasteiger partial charge in [-0.05, 0) is 30.5 Å². The largest absolute Gasteiger partial charge is 0.456 e. The quantitative estimate of drug-likeness (QED) is 0.808. The maximum atomic E-state index is 14.0. The minimum Gasteiger partial charge on any atom is -0.456 e. The number of furan rings is 1. The van der Waals surface area contributed by atoms with Gasteiger partial charge in [-0.15, -0.1) is 0 Å². The van der Waals surface area contributed by atoms with Crippen molar-refractivity contribution in [3.8, 4) is 0 Å². The second-order valence-electron chi connectivity index (χ2n) is 5.88. The lowest BCUT2D eigenvalue weighted by molar-refractivity contribution is 0.468. The molecule has 0 bridgehead atoms. The molecule has 2 aromatic rings. The highest BCUT2D eigenvalue weighted by molar-refractivity contribution is 9.10. The van der Waals surface area contributed by atoms with E-state index in [0.29, 0.717) is 24.0 Å². The Kier molecular flexibility index (Phi) is 4.86. The highest BCUT2D eigenvalue weighted by Crippen LogP contribution is 2.35. The molecule has 110 valence electrons. The van der Waals surface area contributed by atoms with Crippen LogP contribution in [-0.4, -0.2) is 6.54 Å². The zero-order valence-corrected chi connectivity index (χ0v) is 14.0. The Bertz CT molecular complexity index is 604. The van der Waals surface area contributed by atoms with Crippen LogP contribution in [0, 0.1) is 11.7 Å². The van der Waals surface area contributed by atoms with Gasteiger partial charge >= 0.3 is 0 Å². The first kappa shape index (κ1) is 15.5. The lowest BCUT2D eigenvalue weighted by Crippen LogP contribution is -2.19. The topological polar surface area (TPSA) is 25.2 Å². The molecule has 0 aliphatic carbocycles. The molecule has 0 atom stereocenters. The van der Waals surface area contributed by atoms with Crippen molar-refractivity contribution in [2.45, 2.75) is 40.2 Å². The van der Waals surface area contributed by atoms with Gasteiger partial charge in [0.15, 0.2) is 11.4 Å². The third-order valence-corrected chi connectivity index (χ3v) is 3.70. The third-order valence-electron chi connectivity index (χ3n) is 3.24. The minimum atomic E-state index is -0.314. The van der Waals surface area contributed by atoms with E-state index in [-0.39, 0.29) is 5.82 Å². The van der Waals surface area contributed by atoms with E-state index in [9.17, 15) is 4.39 Å². The fraction of sp³-hybridized carbons (Fsp3) is 0.500. The summed E-state index contributed by atoms with van der Waals surface area (Å²) < 4.78 is 20.5. The van der Waals surface area contributed by atoms with Crippen molar-refractivity contribution in [3.05, 3.63) is 33.7 Å². The molecule has 0 spiro atoms. The van der Waals surface area contributed by atoms with Gasteiger partial charge in [-0.2, -0.15) is 0 Å². The Hall–Kier alpha value is -0.870. The Morgan fingerprint density at radius 1 is 1.25 bits per heavy atom. The summed E-state index contributed by atoms with van der Waals surface area (Å²) in [5.74, 6) is 1.40. The van der Waals surface area contributed by atoms with Gasteiger partial charge in [0.05, 0.1) is 6.54 Å². The average Bonchev–Trinajstić information content (AvgIpc) is 2.67. The molecule has 4 heteroatoms. The van der Waals surface area contributed by atoms with Gasteiger partial charge in [0.25, 0.3) is 0 Å². The maximum absolute atomic E-state index is 14.0. The fourth-order valence-corrected chi connectivity index (χ4v) is 2.86. The summed E-state index contributed by atoms with van der Waals surface area (Å²) in [5, 5.41) is 4.23. The van der Waals surface area contributed by atoms with Crippen LogP contribution in [0.1, 0.15) is 44.9 Å². The zero-order chi connectivity index (χ0) is 14.9.